The molecule has 86 valence electrons. The van der Waals surface area contributed by atoms with E-state index < -0.39 is 0 Å². The summed E-state index contributed by atoms with van der Waals surface area (Å²) in [7, 11) is 1.67. The molecule has 0 unspecified atom stereocenters. The molecule has 2 aromatic heterocycles. The Morgan fingerprint density at radius 2 is 2.24 bits per heavy atom. The van der Waals surface area contributed by atoms with E-state index in [4.69, 9.17) is 9.15 Å². The van der Waals surface area contributed by atoms with Gasteiger partial charge in [-0.05, 0) is 12.1 Å². The highest BCUT2D eigenvalue weighted by molar-refractivity contribution is 7.13. The van der Waals surface area contributed by atoms with Crippen LogP contribution in [0.2, 0.25) is 0 Å². The molecule has 3 nitrogen and oxygen atoms in total. The second-order valence-corrected chi connectivity index (χ2v) is 4.58. The summed E-state index contributed by atoms with van der Waals surface area (Å²) in [5.41, 5.74) is 1.83. The third kappa shape index (κ3) is 1.97. The second kappa shape index (κ2) is 4.31. The molecule has 0 spiro atoms. The molecule has 0 aliphatic heterocycles. The summed E-state index contributed by atoms with van der Waals surface area (Å²) in [6.45, 7) is 0.538. The fourth-order valence-corrected chi connectivity index (χ4v) is 2.48. The van der Waals surface area contributed by atoms with Crippen LogP contribution in [0.15, 0.2) is 40.1 Å². The molecule has 0 bridgehead atoms. The lowest BCUT2D eigenvalue weighted by molar-refractivity contribution is 0.182. The van der Waals surface area contributed by atoms with Crippen LogP contribution in [0, 0.1) is 0 Å². The van der Waals surface area contributed by atoms with Gasteiger partial charge in [-0.2, -0.15) is 0 Å². The Labute approximate surface area is 103 Å². The first kappa shape index (κ1) is 10.5. The summed E-state index contributed by atoms with van der Waals surface area (Å²) < 4.78 is 10.8. The van der Waals surface area contributed by atoms with E-state index in [1.165, 1.54) is 0 Å². The van der Waals surface area contributed by atoms with Crippen molar-refractivity contribution in [1.29, 1.82) is 0 Å². The molecule has 0 fully saturated rings. The number of hydrogen-bond acceptors (Lipinski definition) is 4. The first-order valence-corrected chi connectivity index (χ1v) is 6.17. The van der Waals surface area contributed by atoms with Crippen molar-refractivity contribution in [1.82, 2.24) is 4.98 Å². The van der Waals surface area contributed by atoms with Crippen molar-refractivity contribution in [2.24, 2.45) is 0 Å². The van der Waals surface area contributed by atoms with E-state index in [0.717, 1.165) is 27.4 Å². The standard InChI is InChI=1S/C13H11NO2S/c1-15-7-10-8-17-13(14-10)12-6-9-4-2-3-5-11(9)16-12/h2-6,8H,7H2,1H3. The Kier molecular flexibility index (Phi) is 2.66. The zero-order valence-corrected chi connectivity index (χ0v) is 10.2. The fraction of sp³-hybridized carbons (Fsp3) is 0.154. The van der Waals surface area contributed by atoms with E-state index in [0.29, 0.717) is 6.61 Å². The maximum atomic E-state index is 5.75. The van der Waals surface area contributed by atoms with Gasteiger partial charge in [-0.15, -0.1) is 11.3 Å². The largest absolute Gasteiger partial charge is 0.454 e. The molecular formula is C13H11NO2S. The van der Waals surface area contributed by atoms with Crippen LogP contribution in [-0.4, -0.2) is 12.1 Å². The van der Waals surface area contributed by atoms with Crippen LogP contribution in [-0.2, 0) is 11.3 Å². The number of rotatable bonds is 3. The van der Waals surface area contributed by atoms with Crippen LogP contribution in [0.5, 0.6) is 0 Å². The molecule has 0 amide bonds. The Hall–Kier alpha value is -1.65. The number of aromatic nitrogens is 1. The van der Waals surface area contributed by atoms with Crippen LogP contribution < -0.4 is 0 Å². The van der Waals surface area contributed by atoms with Crippen LogP contribution in [0.3, 0.4) is 0 Å². The lowest BCUT2D eigenvalue weighted by Crippen LogP contribution is -1.86. The van der Waals surface area contributed by atoms with Crippen molar-refractivity contribution in [3.63, 3.8) is 0 Å². The van der Waals surface area contributed by atoms with Gasteiger partial charge in [0.25, 0.3) is 0 Å². The summed E-state index contributed by atoms with van der Waals surface area (Å²) in [5, 5.41) is 3.99. The van der Waals surface area contributed by atoms with Gasteiger partial charge < -0.3 is 9.15 Å². The molecule has 0 aliphatic carbocycles. The van der Waals surface area contributed by atoms with Gasteiger partial charge in [0.1, 0.15) is 5.58 Å². The molecule has 0 atom stereocenters. The van der Waals surface area contributed by atoms with Crippen LogP contribution >= 0.6 is 11.3 Å². The predicted molar refractivity (Wildman–Crippen MR) is 68.0 cm³/mol. The van der Waals surface area contributed by atoms with Crippen LogP contribution in [0.1, 0.15) is 5.69 Å². The van der Waals surface area contributed by atoms with Crippen molar-refractivity contribution < 1.29 is 9.15 Å². The Bertz CT molecular complexity index is 608. The minimum atomic E-state index is 0.538. The van der Waals surface area contributed by atoms with E-state index in [1.807, 2.05) is 35.7 Å². The molecular weight excluding hydrogens is 234 g/mol. The average Bonchev–Trinajstić information content (AvgIpc) is 2.94. The van der Waals surface area contributed by atoms with Gasteiger partial charge in [0.2, 0.25) is 0 Å². The van der Waals surface area contributed by atoms with Crippen molar-refractivity contribution in [2.45, 2.75) is 6.61 Å². The SMILES string of the molecule is COCc1csc(-c2cc3ccccc3o2)n1. The van der Waals surface area contributed by atoms with Gasteiger partial charge in [-0.1, -0.05) is 18.2 Å². The first-order chi connectivity index (χ1) is 8.36. The number of hydrogen-bond donors (Lipinski definition) is 0. The third-order valence-electron chi connectivity index (χ3n) is 2.48. The van der Waals surface area contributed by atoms with E-state index in [-0.39, 0.29) is 0 Å². The maximum Gasteiger partial charge on any atom is 0.164 e. The highest BCUT2D eigenvalue weighted by Crippen LogP contribution is 2.29. The van der Waals surface area contributed by atoms with E-state index in [1.54, 1.807) is 18.4 Å². The molecule has 0 N–H and O–H groups in total. The van der Waals surface area contributed by atoms with Gasteiger partial charge >= 0.3 is 0 Å². The lowest BCUT2D eigenvalue weighted by atomic mass is 10.2. The average molecular weight is 245 g/mol. The molecule has 1 aromatic carbocycles. The molecule has 2 heterocycles. The molecule has 17 heavy (non-hydrogen) atoms. The Balaban J connectivity index is 2.01. The lowest BCUT2D eigenvalue weighted by Gasteiger charge is -1.90. The highest BCUT2D eigenvalue weighted by Gasteiger charge is 2.09. The summed E-state index contributed by atoms with van der Waals surface area (Å²) in [5.74, 6) is 0.818. The minimum Gasteiger partial charge on any atom is -0.454 e. The van der Waals surface area contributed by atoms with Crippen LogP contribution in [0.4, 0.5) is 0 Å². The molecule has 0 saturated heterocycles. The summed E-state index contributed by atoms with van der Waals surface area (Å²) in [4.78, 5) is 4.47. The Morgan fingerprint density at radius 1 is 1.35 bits per heavy atom. The minimum absolute atomic E-state index is 0.538. The summed E-state index contributed by atoms with van der Waals surface area (Å²) in [6.07, 6.45) is 0. The van der Waals surface area contributed by atoms with Gasteiger partial charge in [-0.25, -0.2) is 4.98 Å². The fourth-order valence-electron chi connectivity index (χ4n) is 1.72. The molecule has 3 aromatic rings. The van der Waals surface area contributed by atoms with Crippen molar-refractivity contribution in [2.75, 3.05) is 7.11 Å². The number of benzene rings is 1. The normalized spacial score (nSPS) is 11.1. The highest BCUT2D eigenvalue weighted by atomic mass is 32.1. The summed E-state index contributed by atoms with van der Waals surface area (Å²) in [6, 6.07) is 9.98. The van der Waals surface area contributed by atoms with Crippen molar-refractivity contribution in [3.05, 3.63) is 41.4 Å². The topological polar surface area (TPSA) is 35.3 Å². The Morgan fingerprint density at radius 3 is 3.06 bits per heavy atom. The number of methoxy groups -OCH3 is 1. The van der Waals surface area contributed by atoms with Gasteiger partial charge in [0.15, 0.2) is 10.8 Å². The van der Waals surface area contributed by atoms with Crippen LogP contribution in [0.25, 0.3) is 21.7 Å². The molecule has 4 heteroatoms. The number of fused-ring (bicyclic) bond motifs is 1. The molecule has 3 rings (SSSR count). The number of nitrogens with zero attached hydrogens (tertiary/aromatic N) is 1. The first-order valence-electron chi connectivity index (χ1n) is 5.29. The van der Waals surface area contributed by atoms with Crippen molar-refractivity contribution >= 4 is 22.3 Å². The van der Waals surface area contributed by atoms with Gasteiger partial charge in [-0.3, -0.25) is 0 Å². The van der Waals surface area contributed by atoms with E-state index >= 15 is 0 Å². The van der Waals surface area contributed by atoms with E-state index in [2.05, 4.69) is 4.98 Å². The maximum absolute atomic E-state index is 5.75. The van der Waals surface area contributed by atoms with E-state index in [9.17, 15) is 0 Å². The number of furan rings is 1. The van der Waals surface area contributed by atoms with Gasteiger partial charge in [0, 0.05) is 17.9 Å². The van der Waals surface area contributed by atoms with Gasteiger partial charge in [0.05, 0.1) is 12.3 Å². The predicted octanol–water partition coefficient (Wildman–Crippen LogP) is 3.70. The van der Waals surface area contributed by atoms with Crippen molar-refractivity contribution in [3.8, 4) is 10.8 Å². The summed E-state index contributed by atoms with van der Waals surface area (Å²) >= 11 is 1.57. The number of thiazole rings is 1. The second-order valence-electron chi connectivity index (χ2n) is 3.73. The molecule has 0 aliphatic rings. The number of para-hydroxylation sites is 1. The zero-order valence-electron chi connectivity index (χ0n) is 9.34. The smallest absolute Gasteiger partial charge is 0.164 e. The monoisotopic (exact) mass is 245 g/mol. The quantitative estimate of drug-likeness (QED) is 0.705. The zero-order chi connectivity index (χ0) is 11.7. The number of ether oxygens (including phenoxy) is 1. The molecule has 0 saturated carbocycles. The molecule has 0 radical (unpaired) electrons. The third-order valence-corrected chi connectivity index (χ3v) is 3.39.